The van der Waals surface area contributed by atoms with Crippen molar-refractivity contribution in [3.05, 3.63) is 12.2 Å². The van der Waals surface area contributed by atoms with Gasteiger partial charge in [0.1, 0.15) is 5.78 Å². The Labute approximate surface area is 194 Å². The molecule has 0 amide bonds. The van der Waals surface area contributed by atoms with Crippen LogP contribution in [0.15, 0.2) is 12.2 Å². The molecule has 4 nitrogen and oxygen atoms in total. The third-order valence-corrected chi connectivity index (χ3v) is 10.7. The molecule has 10 atom stereocenters. The molecular formula is C28H44O4. The van der Waals surface area contributed by atoms with Crippen molar-refractivity contribution >= 4 is 11.8 Å². The minimum Gasteiger partial charge on any atom is -0.463 e. The van der Waals surface area contributed by atoms with Gasteiger partial charge < -0.3 is 9.84 Å². The highest BCUT2D eigenvalue weighted by Crippen LogP contribution is 2.68. The average molecular weight is 445 g/mol. The molecule has 0 heterocycles. The summed E-state index contributed by atoms with van der Waals surface area (Å²) in [5.41, 5.74) is 0.345. The number of hydrogen-bond donors (Lipinski definition) is 1. The minimum atomic E-state index is -0.255. The van der Waals surface area contributed by atoms with E-state index >= 15 is 0 Å². The molecule has 0 aliphatic heterocycles. The van der Waals surface area contributed by atoms with Gasteiger partial charge in [0.25, 0.3) is 0 Å². The number of allylic oxidation sites excluding steroid dienone is 1. The number of Topliss-reactive ketones (excluding diaryl/α,β-unsaturated/α-hetero) is 1. The molecule has 0 aromatic carbocycles. The van der Waals surface area contributed by atoms with Crippen LogP contribution >= 0.6 is 0 Å². The highest BCUT2D eigenvalue weighted by molar-refractivity contribution is 5.86. The molecule has 1 N–H and O–H groups in total. The van der Waals surface area contributed by atoms with E-state index in [-0.39, 0.29) is 34.7 Å². The van der Waals surface area contributed by atoms with Gasteiger partial charge in [0.2, 0.25) is 0 Å². The number of ketones is 1. The molecular weight excluding hydrogens is 400 g/mol. The van der Waals surface area contributed by atoms with Gasteiger partial charge in [-0.1, -0.05) is 33.8 Å². The maximum absolute atomic E-state index is 14.0. The van der Waals surface area contributed by atoms with Gasteiger partial charge in [0.05, 0.1) is 12.7 Å². The number of rotatable bonds is 5. The first-order valence-electron chi connectivity index (χ1n) is 13.2. The number of fused-ring (bicyclic) bond motifs is 5. The molecule has 0 unspecified atom stereocenters. The lowest BCUT2D eigenvalue weighted by atomic mass is 9.42. The lowest BCUT2D eigenvalue weighted by Crippen LogP contribution is -2.60. The van der Waals surface area contributed by atoms with Crippen molar-refractivity contribution in [1.82, 2.24) is 0 Å². The molecule has 0 bridgehead atoms. The topological polar surface area (TPSA) is 63.6 Å². The number of ether oxygens (including phenoxy) is 1. The second-order valence-electron chi connectivity index (χ2n) is 11.9. The number of aliphatic hydroxyl groups excluding tert-OH is 1. The normalized spacial score (nSPS) is 46.9. The predicted molar refractivity (Wildman–Crippen MR) is 126 cm³/mol. The van der Waals surface area contributed by atoms with Crippen molar-refractivity contribution in [2.24, 2.45) is 52.3 Å². The predicted octanol–water partition coefficient (Wildman–Crippen LogP) is 5.58. The largest absolute Gasteiger partial charge is 0.463 e. The average Bonchev–Trinajstić information content (AvgIpc) is 3.11. The van der Waals surface area contributed by atoms with E-state index in [1.807, 2.05) is 13.0 Å². The first kappa shape index (κ1) is 24.0. The van der Waals surface area contributed by atoms with Crippen LogP contribution in [0, 0.1) is 52.3 Å². The van der Waals surface area contributed by atoms with Gasteiger partial charge >= 0.3 is 5.97 Å². The first-order chi connectivity index (χ1) is 15.2. The van der Waals surface area contributed by atoms with Crippen LogP contribution in [0.3, 0.4) is 0 Å². The van der Waals surface area contributed by atoms with Gasteiger partial charge in [-0.3, -0.25) is 4.79 Å². The van der Waals surface area contributed by atoms with E-state index in [2.05, 4.69) is 27.7 Å². The number of aliphatic hydroxyl groups is 1. The molecule has 4 saturated carbocycles. The van der Waals surface area contributed by atoms with Crippen molar-refractivity contribution in [1.29, 1.82) is 0 Å². The molecule has 0 aromatic rings. The summed E-state index contributed by atoms with van der Waals surface area (Å²) in [4.78, 5) is 25.8. The monoisotopic (exact) mass is 444 g/mol. The van der Waals surface area contributed by atoms with Crippen molar-refractivity contribution in [3.63, 3.8) is 0 Å². The van der Waals surface area contributed by atoms with Crippen LogP contribution in [-0.2, 0) is 14.3 Å². The molecule has 0 spiro atoms. The van der Waals surface area contributed by atoms with Gasteiger partial charge in [-0.25, -0.2) is 4.79 Å². The van der Waals surface area contributed by atoms with Crippen LogP contribution in [0.5, 0.6) is 0 Å². The molecule has 4 heteroatoms. The zero-order valence-corrected chi connectivity index (χ0v) is 20.8. The van der Waals surface area contributed by atoms with E-state index in [1.54, 1.807) is 6.08 Å². The Kier molecular flexibility index (Phi) is 6.66. The summed E-state index contributed by atoms with van der Waals surface area (Å²) < 4.78 is 5.08. The minimum absolute atomic E-state index is 0.110. The van der Waals surface area contributed by atoms with E-state index in [0.29, 0.717) is 42.0 Å². The second-order valence-corrected chi connectivity index (χ2v) is 11.9. The fourth-order valence-corrected chi connectivity index (χ4v) is 9.09. The summed E-state index contributed by atoms with van der Waals surface area (Å²) in [5, 5.41) is 10.4. The quantitative estimate of drug-likeness (QED) is 0.444. The molecule has 4 rings (SSSR count). The van der Waals surface area contributed by atoms with Crippen molar-refractivity contribution in [2.75, 3.05) is 6.61 Å². The van der Waals surface area contributed by atoms with Crippen molar-refractivity contribution < 1.29 is 19.4 Å². The van der Waals surface area contributed by atoms with Gasteiger partial charge in [-0.2, -0.15) is 0 Å². The molecule has 4 aliphatic rings. The Morgan fingerprint density at radius 3 is 2.47 bits per heavy atom. The highest BCUT2D eigenvalue weighted by atomic mass is 16.5. The van der Waals surface area contributed by atoms with Gasteiger partial charge in [-0.05, 0) is 98.7 Å². The molecule has 180 valence electrons. The fourth-order valence-electron chi connectivity index (χ4n) is 9.09. The number of esters is 1. The third kappa shape index (κ3) is 3.69. The standard InChI is InChI=1S/C28H44O4/c1-6-19-23-16-18(29)12-14-28(23,5)22-13-15-27(4)20(9-10-21(27)25(22)26(19)31)17(3)8-11-24(30)32-7-2/h8,11,17-23,25,29H,6-7,9-10,12-16H2,1-5H3/t17-,18-,19-,20-,21+,22+,23+,25+,27-,28-/m1/s1. The van der Waals surface area contributed by atoms with Crippen LogP contribution in [0.2, 0.25) is 0 Å². The van der Waals surface area contributed by atoms with Crippen molar-refractivity contribution in [3.8, 4) is 0 Å². The summed E-state index contributed by atoms with van der Waals surface area (Å²) in [6.45, 7) is 11.5. The van der Waals surface area contributed by atoms with E-state index in [4.69, 9.17) is 4.74 Å². The summed E-state index contributed by atoms with van der Waals surface area (Å²) in [6.07, 6.45) is 11.7. The van der Waals surface area contributed by atoms with Gasteiger partial charge in [0.15, 0.2) is 0 Å². The lowest BCUT2D eigenvalue weighted by Gasteiger charge is -2.62. The SMILES string of the molecule is CCOC(=O)C=C[C@@H](C)[C@H]1CC[C@H]2[C@@H]3C(=O)[C@H](CC)[C@@H]4C[C@H](O)CC[C@]4(C)[C@H]3CC[C@]12C. The third-order valence-electron chi connectivity index (χ3n) is 10.7. The zero-order chi connectivity index (χ0) is 23.3. The van der Waals surface area contributed by atoms with Crippen LogP contribution < -0.4 is 0 Å². The van der Waals surface area contributed by atoms with Crippen molar-refractivity contribution in [2.45, 2.75) is 92.1 Å². The van der Waals surface area contributed by atoms with Crippen LogP contribution in [0.25, 0.3) is 0 Å². The lowest BCUT2D eigenvalue weighted by molar-refractivity contribution is -0.173. The Bertz CT molecular complexity index is 759. The first-order valence-corrected chi connectivity index (χ1v) is 13.2. The number of hydrogen-bond acceptors (Lipinski definition) is 4. The molecule has 32 heavy (non-hydrogen) atoms. The zero-order valence-electron chi connectivity index (χ0n) is 20.8. The maximum Gasteiger partial charge on any atom is 0.330 e. The fraction of sp³-hybridized carbons (Fsp3) is 0.857. The Morgan fingerprint density at radius 1 is 1.09 bits per heavy atom. The van der Waals surface area contributed by atoms with E-state index in [9.17, 15) is 14.7 Å². The highest BCUT2D eigenvalue weighted by Gasteiger charge is 2.64. The summed E-state index contributed by atoms with van der Waals surface area (Å²) in [5.74, 6) is 2.63. The van der Waals surface area contributed by atoms with Crippen LogP contribution in [0.1, 0.15) is 86.0 Å². The van der Waals surface area contributed by atoms with Gasteiger partial charge in [-0.15, -0.1) is 0 Å². The smallest absolute Gasteiger partial charge is 0.330 e. The van der Waals surface area contributed by atoms with Crippen LogP contribution in [-0.4, -0.2) is 29.6 Å². The molecule has 4 aliphatic carbocycles. The number of carbonyl (C=O) groups is 2. The van der Waals surface area contributed by atoms with E-state index < -0.39 is 0 Å². The summed E-state index contributed by atoms with van der Waals surface area (Å²) in [7, 11) is 0. The molecule has 0 aromatic heterocycles. The van der Waals surface area contributed by atoms with Gasteiger partial charge in [0, 0.05) is 17.9 Å². The Morgan fingerprint density at radius 2 is 1.78 bits per heavy atom. The summed E-state index contributed by atoms with van der Waals surface area (Å²) >= 11 is 0. The molecule has 0 radical (unpaired) electrons. The molecule has 4 fully saturated rings. The second kappa shape index (κ2) is 8.89. The van der Waals surface area contributed by atoms with E-state index in [0.717, 1.165) is 44.9 Å². The van der Waals surface area contributed by atoms with E-state index in [1.165, 1.54) is 6.42 Å². The summed E-state index contributed by atoms with van der Waals surface area (Å²) in [6, 6.07) is 0. The Hall–Kier alpha value is -1.16. The number of carbonyl (C=O) groups excluding carboxylic acids is 2. The molecule has 0 saturated heterocycles. The maximum atomic E-state index is 14.0. The van der Waals surface area contributed by atoms with Crippen LogP contribution in [0.4, 0.5) is 0 Å². The Balaban J connectivity index is 1.60.